The summed E-state index contributed by atoms with van der Waals surface area (Å²) < 4.78 is 0. The number of rotatable bonds is 2. The molecule has 3 rings (SSSR count). The summed E-state index contributed by atoms with van der Waals surface area (Å²) >= 11 is 0. The molecule has 3 nitrogen and oxygen atoms in total. The van der Waals surface area contributed by atoms with Gasteiger partial charge in [-0.15, -0.1) is 0 Å². The van der Waals surface area contributed by atoms with Gasteiger partial charge in [-0.25, -0.2) is 0 Å². The summed E-state index contributed by atoms with van der Waals surface area (Å²) in [5.41, 5.74) is 3.61. The molecule has 0 aromatic heterocycles. The minimum atomic E-state index is -0.218. The average molecular weight is 258 g/mol. The number of aryl methyl sites for hydroxylation is 2. The molecular weight excluding hydrogens is 236 g/mol. The molecule has 1 aliphatic carbocycles. The van der Waals surface area contributed by atoms with E-state index in [0.29, 0.717) is 0 Å². The summed E-state index contributed by atoms with van der Waals surface area (Å²) in [7, 11) is 0. The Hall–Kier alpha value is -1.35. The zero-order valence-electron chi connectivity index (χ0n) is 11.6. The van der Waals surface area contributed by atoms with Gasteiger partial charge < -0.3 is 10.6 Å². The largest absolute Gasteiger partial charge is 0.326 e. The molecule has 1 aromatic carbocycles. The average Bonchev–Trinajstić information content (AvgIpc) is 2.87. The number of nitrogens with one attached hydrogen (secondary N) is 2. The topological polar surface area (TPSA) is 41.1 Å². The molecule has 0 spiro atoms. The molecule has 1 aromatic rings. The van der Waals surface area contributed by atoms with Gasteiger partial charge in [0.2, 0.25) is 5.91 Å². The third-order valence-electron chi connectivity index (χ3n) is 4.61. The molecular formula is C16H22N2O. The third-order valence-corrected chi connectivity index (χ3v) is 4.61. The van der Waals surface area contributed by atoms with Crippen LogP contribution in [0.4, 0.5) is 5.69 Å². The van der Waals surface area contributed by atoms with Crippen molar-refractivity contribution in [2.45, 2.75) is 39.0 Å². The Balaban J connectivity index is 1.72. The second-order valence-electron chi connectivity index (χ2n) is 6.10. The number of carbonyl (C=O) groups is 1. The Bertz CT molecular complexity index is 490. The lowest BCUT2D eigenvalue weighted by Gasteiger charge is -2.32. The van der Waals surface area contributed by atoms with Crippen molar-refractivity contribution < 1.29 is 4.79 Å². The van der Waals surface area contributed by atoms with Crippen molar-refractivity contribution in [3.05, 3.63) is 29.3 Å². The summed E-state index contributed by atoms with van der Waals surface area (Å²) in [5.74, 6) is 0.173. The molecule has 2 aliphatic rings. The van der Waals surface area contributed by atoms with Crippen molar-refractivity contribution in [1.82, 2.24) is 5.32 Å². The molecule has 0 saturated carbocycles. The number of fused-ring (bicyclic) bond motifs is 1. The van der Waals surface area contributed by atoms with E-state index in [4.69, 9.17) is 0 Å². The zero-order chi connectivity index (χ0) is 13.3. The number of amides is 1. The standard InChI is InChI=1S/C16H22N2O/c1-16(7-9-17-10-8-16)15(19)18-14-6-5-12-3-2-4-13(12)11-14/h5-6,11,17H,2-4,7-10H2,1H3,(H,18,19). The van der Waals surface area contributed by atoms with Crippen molar-refractivity contribution in [3.63, 3.8) is 0 Å². The van der Waals surface area contributed by atoms with E-state index in [9.17, 15) is 4.79 Å². The van der Waals surface area contributed by atoms with Crippen LogP contribution in [-0.4, -0.2) is 19.0 Å². The predicted octanol–water partition coefficient (Wildman–Crippen LogP) is 2.50. The molecule has 0 bridgehead atoms. The normalized spacial score (nSPS) is 20.9. The van der Waals surface area contributed by atoms with Crippen LogP contribution in [0.5, 0.6) is 0 Å². The predicted molar refractivity (Wildman–Crippen MR) is 77.3 cm³/mol. The van der Waals surface area contributed by atoms with E-state index >= 15 is 0 Å². The van der Waals surface area contributed by atoms with Crippen molar-refractivity contribution >= 4 is 11.6 Å². The first-order chi connectivity index (χ1) is 9.17. The number of benzene rings is 1. The van der Waals surface area contributed by atoms with E-state index in [-0.39, 0.29) is 11.3 Å². The molecule has 2 N–H and O–H groups in total. The van der Waals surface area contributed by atoms with Gasteiger partial charge in [-0.3, -0.25) is 4.79 Å². The molecule has 0 atom stereocenters. The lowest BCUT2D eigenvalue weighted by molar-refractivity contribution is -0.126. The van der Waals surface area contributed by atoms with Crippen LogP contribution in [-0.2, 0) is 17.6 Å². The molecule has 1 amide bonds. The molecule has 1 heterocycles. The van der Waals surface area contributed by atoms with E-state index in [1.165, 1.54) is 24.0 Å². The van der Waals surface area contributed by atoms with E-state index in [2.05, 4.69) is 29.7 Å². The van der Waals surface area contributed by atoms with Crippen LogP contribution in [0.25, 0.3) is 0 Å². The Morgan fingerprint density at radius 2 is 1.95 bits per heavy atom. The van der Waals surface area contributed by atoms with Crippen LogP contribution in [0.3, 0.4) is 0 Å². The molecule has 1 saturated heterocycles. The van der Waals surface area contributed by atoms with Crippen LogP contribution < -0.4 is 10.6 Å². The van der Waals surface area contributed by atoms with Crippen molar-refractivity contribution in [2.75, 3.05) is 18.4 Å². The van der Waals surface area contributed by atoms with Crippen LogP contribution >= 0.6 is 0 Å². The van der Waals surface area contributed by atoms with Crippen molar-refractivity contribution in [2.24, 2.45) is 5.41 Å². The maximum absolute atomic E-state index is 12.5. The maximum atomic E-state index is 12.5. The van der Waals surface area contributed by atoms with Crippen LogP contribution in [0.1, 0.15) is 37.3 Å². The summed E-state index contributed by atoms with van der Waals surface area (Å²) in [6.07, 6.45) is 5.43. The van der Waals surface area contributed by atoms with Crippen LogP contribution in [0, 0.1) is 5.41 Å². The number of hydrogen-bond acceptors (Lipinski definition) is 2. The van der Waals surface area contributed by atoms with Crippen LogP contribution in [0.2, 0.25) is 0 Å². The highest BCUT2D eigenvalue weighted by Gasteiger charge is 2.34. The highest BCUT2D eigenvalue weighted by atomic mass is 16.2. The van der Waals surface area contributed by atoms with Gasteiger partial charge in [-0.05, 0) is 68.5 Å². The van der Waals surface area contributed by atoms with Gasteiger partial charge in [-0.2, -0.15) is 0 Å². The van der Waals surface area contributed by atoms with Gasteiger partial charge in [0.25, 0.3) is 0 Å². The number of hydrogen-bond donors (Lipinski definition) is 2. The fourth-order valence-electron chi connectivity index (χ4n) is 3.14. The van der Waals surface area contributed by atoms with Gasteiger partial charge in [-0.1, -0.05) is 13.0 Å². The zero-order valence-corrected chi connectivity index (χ0v) is 11.6. The fourth-order valence-corrected chi connectivity index (χ4v) is 3.14. The summed E-state index contributed by atoms with van der Waals surface area (Å²) in [6.45, 7) is 3.96. The molecule has 1 aliphatic heterocycles. The first-order valence-corrected chi connectivity index (χ1v) is 7.31. The monoisotopic (exact) mass is 258 g/mol. The minimum absolute atomic E-state index is 0.173. The molecule has 0 unspecified atom stereocenters. The molecule has 3 heteroatoms. The van der Waals surface area contributed by atoms with Gasteiger partial charge >= 0.3 is 0 Å². The first-order valence-electron chi connectivity index (χ1n) is 7.31. The van der Waals surface area contributed by atoms with Crippen molar-refractivity contribution in [1.29, 1.82) is 0 Å². The van der Waals surface area contributed by atoms with E-state index in [1.807, 2.05) is 6.07 Å². The Morgan fingerprint density at radius 3 is 2.74 bits per heavy atom. The first kappa shape index (κ1) is 12.7. The Kier molecular flexibility index (Phi) is 3.31. The third kappa shape index (κ3) is 2.52. The Morgan fingerprint density at radius 1 is 1.21 bits per heavy atom. The maximum Gasteiger partial charge on any atom is 0.230 e. The molecule has 0 radical (unpaired) electrons. The quantitative estimate of drug-likeness (QED) is 0.855. The minimum Gasteiger partial charge on any atom is -0.326 e. The smallest absolute Gasteiger partial charge is 0.230 e. The van der Waals surface area contributed by atoms with E-state index in [0.717, 1.165) is 38.0 Å². The SMILES string of the molecule is CC1(C(=O)Nc2ccc3c(c2)CCC3)CCNCC1. The highest BCUT2D eigenvalue weighted by molar-refractivity contribution is 5.95. The molecule has 1 fully saturated rings. The van der Waals surface area contributed by atoms with E-state index in [1.54, 1.807) is 0 Å². The highest BCUT2D eigenvalue weighted by Crippen LogP contribution is 2.30. The van der Waals surface area contributed by atoms with Gasteiger partial charge in [0.15, 0.2) is 0 Å². The second kappa shape index (κ2) is 4.97. The second-order valence-corrected chi connectivity index (χ2v) is 6.10. The van der Waals surface area contributed by atoms with Crippen molar-refractivity contribution in [3.8, 4) is 0 Å². The summed E-state index contributed by atoms with van der Waals surface area (Å²) in [4.78, 5) is 12.5. The number of carbonyl (C=O) groups excluding carboxylic acids is 1. The molecule has 102 valence electrons. The van der Waals surface area contributed by atoms with Gasteiger partial charge in [0, 0.05) is 11.1 Å². The Labute approximate surface area is 114 Å². The summed E-state index contributed by atoms with van der Waals surface area (Å²) in [6, 6.07) is 6.37. The van der Waals surface area contributed by atoms with Crippen LogP contribution in [0.15, 0.2) is 18.2 Å². The lowest BCUT2D eigenvalue weighted by atomic mass is 9.80. The summed E-state index contributed by atoms with van der Waals surface area (Å²) in [5, 5.41) is 6.43. The number of piperidine rings is 1. The van der Waals surface area contributed by atoms with E-state index < -0.39 is 0 Å². The van der Waals surface area contributed by atoms with Gasteiger partial charge in [0.05, 0.1) is 0 Å². The molecule has 19 heavy (non-hydrogen) atoms. The number of anilines is 1. The fraction of sp³-hybridized carbons (Fsp3) is 0.562. The lowest BCUT2D eigenvalue weighted by Crippen LogP contribution is -2.42. The van der Waals surface area contributed by atoms with Gasteiger partial charge in [0.1, 0.15) is 0 Å².